The van der Waals surface area contributed by atoms with Crippen molar-refractivity contribution in [3.63, 3.8) is 0 Å². The van der Waals surface area contributed by atoms with E-state index in [1.807, 2.05) is 38.1 Å². The van der Waals surface area contributed by atoms with Gasteiger partial charge >= 0.3 is 6.03 Å². The van der Waals surface area contributed by atoms with Crippen LogP contribution in [-0.4, -0.2) is 32.5 Å². The summed E-state index contributed by atoms with van der Waals surface area (Å²) in [5, 5.41) is 16.9. The van der Waals surface area contributed by atoms with E-state index in [1.165, 1.54) is 35.9 Å². The number of benzene rings is 1. The van der Waals surface area contributed by atoms with Crippen molar-refractivity contribution in [2.24, 2.45) is 0 Å². The number of hydrogen-bond donors (Lipinski definition) is 2. The molecule has 7 nitrogen and oxygen atoms in total. The zero-order valence-corrected chi connectivity index (χ0v) is 20.6. The van der Waals surface area contributed by atoms with Crippen LogP contribution in [-0.2, 0) is 11.2 Å². The number of carbonyl (C=O) groups excluding carboxylic acids is 2. The van der Waals surface area contributed by atoms with E-state index in [2.05, 4.69) is 36.8 Å². The van der Waals surface area contributed by atoms with Gasteiger partial charge in [0.25, 0.3) is 0 Å². The summed E-state index contributed by atoms with van der Waals surface area (Å²) in [4.78, 5) is 26.0. The Morgan fingerprint density at radius 1 is 1.15 bits per heavy atom. The number of anilines is 1. The van der Waals surface area contributed by atoms with Gasteiger partial charge in [-0.3, -0.25) is 10.1 Å². The maximum atomic E-state index is 12.5. The van der Waals surface area contributed by atoms with E-state index in [-0.39, 0.29) is 11.7 Å². The molecule has 3 amide bonds. The van der Waals surface area contributed by atoms with Gasteiger partial charge in [0.05, 0.1) is 5.75 Å². The van der Waals surface area contributed by atoms with Gasteiger partial charge < -0.3 is 9.88 Å². The van der Waals surface area contributed by atoms with Gasteiger partial charge in [0.1, 0.15) is 5.82 Å². The summed E-state index contributed by atoms with van der Waals surface area (Å²) in [6.45, 7) is 3.92. The first-order valence-corrected chi connectivity index (χ1v) is 13.1. The highest BCUT2D eigenvalue weighted by Gasteiger charge is 2.24. The van der Waals surface area contributed by atoms with Crippen LogP contribution in [0.25, 0.3) is 0 Å². The third kappa shape index (κ3) is 6.23. The van der Waals surface area contributed by atoms with Crippen molar-refractivity contribution in [1.82, 2.24) is 20.1 Å². The molecule has 2 heterocycles. The number of aromatic nitrogens is 3. The summed E-state index contributed by atoms with van der Waals surface area (Å²) in [5.74, 6) is 0.685. The minimum Gasteiger partial charge on any atom is -0.307 e. The highest BCUT2D eigenvalue weighted by atomic mass is 32.2. The van der Waals surface area contributed by atoms with E-state index in [0.29, 0.717) is 11.7 Å². The SMILES string of the molecule is Cc1ccc(NC(=O)NC(=O)CSc2nnc(Cc3cccs3)n2C2CCCCC2)c(C)c1. The molecule has 0 bridgehead atoms. The monoisotopic (exact) mass is 483 g/mol. The Kier molecular flexibility index (Phi) is 7.82. The van der Waals surface area contributed by atoms with Crippen molar-refractivity contribution in [1.29, 1.82) is 0 Å². The summed E-state index contributed by atoms with van der Waals surface area (Å²) >= 11 is 3.05. The van der Waals surface area contributed by atoms with Crippen LogP contribution in [0.1, 0.15) is 60.0 Å². The number of thiophene rings is 1. The number of nitrogens with one attached hydrogen (secondary N) is 2. The van der Waals surface area contributed by atoms with Crippen molar-refractivity contribution in [3.8, 4) is 0 Å². The van der Waals surface area contributed by atoms with E-state index in [9.17, 15) is 9.59 Å². The number of imide groups is 1. The molecule has 0 unspecified atom stereocenters. The molecular formula is C24H29N5O2S2. The Balaban J connectivity index is 1.39. The van der Waals surface area contributed by atoms with Crippen molar-refractivity contribution in [3.05, 3.63) is 57.5 Å². The number of carbonyl (C=O) groups is 2. The molecule has 2 aromatic heterocycles. The van der Waals surface area contributed by atoms with Crippen LogP contribution in [0.3, 0.4) is 0 Å². The highest BCUT2D eigenvalue weighted by molar-refractivity contribution is 7.99. The second-order valence-electron chi connectivity index (χ2n) is 8.43. The first-order chi connectivity index (χ1) is 16.0. The standard InChI is InChI=1S/C24H29N5O2S2/c1-16-10-11-20(17(2)13-16)25-23(31)26-22(30)15-33-24-28-27-21(14-19-9-6-12-32-19)29(24)18-7-4-3-5-8-18/h6,9-13,18H,3-5,7-8,14-15H2,1-2H3,(H2,25,26,30,31). The number of urea groups is 1. The molecule has 1 aliphatic rings. The first-order valence-electron chi connectivity index (χ1n) is 11.3. The van der Waals surface area contributed by atoms with Gasteiger partial charge in [-0.1, -0.05) is 54.8 Å². The fourth-order valence-electron chi connectivity index (χ4n) is 4.20. The largest absolute Gasteiger partial charge is 0.325 e. The van der Waals surface area contributed by atoms with E-state index in [1.54, 1.807) is 11.3 Å². The number of aryl methyl sites for hydroxylation is 2. The van der Waals surface area contributed by atoms with E-state index in [0.717, 1.165) is 41.4 Å². The van der Waals surface area contributed by atoms with E-state index >= 15 is 0 Å². The first kappa shape index (κ1) is 23.5. The molecule has 1 fully saturated rings. The number of nitrogens with zero attached hydrogens (tertiary/aromatic N) is 3. The van der Waals surface area contributed by atoms with Gasteiger partial charge in [0, 0.05) is 23.0 Å². The number of rotatable bonds is 7. The number of hydrogen-bond acceptors (Lipinski definition) is 6. The average Bonchev–Trinajstić information content (AvgIpc) is 3.45. The minimum absolute atomic E-state index is 0.101. The zero-order chi connectivity index (χ0) is 23.2. The van der Waals surface area contributed by atoms with Crippen LogP contribution < -0.4 is 10.6 Å². The lowest BCUT2D eigenvalue weighted by atomic mass is 9.95. The molecule has 1 aliphatic carbocycles. The lowest BCUT2D eigenvalue weighted by Gasteiger charge is -2.25. The summed E-state index contributed by atoms with van der Waals surface area (Å²) in [7, 11) is 0. The zero-order valence-electron chi connectivity index (χ0n) is 19.0. The van der Waals surface area contributed by atoms with Gasteiger partial charge in [-0.2, -0.15) is 0 Å². The van der Waals surface area contributed by atoms with Crippen LogP contribution in [0.5, 0.6) is 0 Å². The Hall–Kier alpha value is -2.65. The van der Waals surface area contributed by atoms with Crippen LogP contribution in [0.2, 0.25) is 0 Å². The second kappa shape index (κ2) is 11.0. The van der Waals surface area contributed by atoms with Crippen molar-refractivity contribution in [2.45, 2.75) is 63.6 Å². The quantitative estimate of drug-likeness (QED) is 0.434. The Labute approximate surface area is 202 Å². The fourth-order valence-corrected chi connectivity index (χ4v) is 5.73. The van der Waals surface area contributed by atoms with Crippen LogP contribution >= 0.6 is 23.1 Å². The Morgan fingerprint density at radius 3 is 2.70 bits per heavy atom. The molecular weight excluding hydrogens is 454 g/mol. The summed E-state index contributed by atoms with van der Waals surface area (Å²) in [6.07, 6.45) is 6.61. The van der Waals surface area contributed by atoms with Gasteiger partial charge in [0.15, 0.2) is 5.16 Å². The molecule has 9 heteroatoms. The molecule has 0 saturated heterocycles. The molecule has 3 aromatic rings. The average molecular weight is 484 g/mol. The smallest absolute Gasteiger partial charge is 0.307 e. The van der Waals surface area contributed by atoms with Crippen LogP contribution in [0, 0.1) is 13.8 Å². The van der Waals surface area contributed by atoms with Crippen molar-refractivity contribution >= 4 is 40.7 Å². The minimum atomic E-state index is -0.528. The molecule has 4 rings (SSSR count). The molecule has 174 valence electrons. The molecule has 2 N–H and O–H groups in total. The van der Waals surface area contributed by atoms with Crippen LogP contribution in [0.15, 0.2) is 40.9 Å². The third-order valence-electron chi connectivity index (χ3n) is 5.80. The predicted molar refractivity (Wildman–Crippen MR) is 133 cm³/mol. The topological polar surface area (TPSA) is 88.9 Å². The normalized spacial score (nSPS) is 14.2. The van der Waals surface area contributed by atoms with Crippen LogP contribution in [0.4, 0.5) is 10.5 Å². The molecule has 0 atom stereocenters. The number of thioether (sulfide) groups is 1. The summed E-state index contributed by atoms with van der Waals surface area (Å²) in [6, 6.07) is 9.74. The van der Waals surface area contributed by atoms with Gasteiger partial charge in [-0.05, 0) is 49.8 Å². The lowest BCUT2D eigenvalue weighted by molar-refractivity contribution is -0.117. The lowest BCUT2D eigenvalue weighted by Crippen LogP contribution is -2.35. The molecule has 0 spiro atoms. The van der Waals surface area contributed by atoms with E-state index < -0.39 is 6.03 Å². The highest BCUT2D eigenvalue weighted by Crippen LogP contribution is 2.33. The Bertz CT molecular complexity index is 1100. The van der Waals surface area contributed by atoms with E-state index in [4.69, 9.17) is 0 Å². The van der Waals surface area contributed by atoms with Crippen molar-refractivity contribution in [2.75, 3.05) is 11.1 Å². The molecule has 0 aliphatic heterocycles. The summed E-state index contributed by atoms with van der Waals surface area (Å²) < 4.78 is 2.23. The fraction of sp³-hybridized carbons (Fsp3) is 0.417. The van der Waals surface area contributed by atoms with Gasteiger partial charge in [-0.15, -0.1) is 21.5 Å². The molecule has 1 saturated carbocycles. The van der Waals surface area contributed by atoms with Gasteiger partial charge in [-0.25, -0.2) is 4.79 Å². The number of amides is 3. The maximum absolute atomic E-state index is 12.5. The van der Waals surface area contributed by atoms with Crippen molar-refractivity contribution < 1.29 is 9.59 Å². The van der Waals surface area contributed by atoms with Gasteiger partial charge in [0.2, 0.25) is 5.91 Å². The molecule has 0 radical (unpaired) electrons. The maximum Gasteiger partial charge on any atom is 0.325 e. The summed E-state index contributed by atoms with van der Waals surface area (Å²) in [5.41, 5.74) is 2.76. The Morgan fingerprint density at radius 2 is 1.97 bits per heavy atom. The molecule has 1 aromatic carbocycles. The second-order valence-corrected chi connectivity index (χ2v) is 10.4. The third-order valence-corrected chi connectivity index (χ3v) is 7.62. The molecule has 33 heavy (non-hydrogen) atoms. The predicted octanol–water partition coefficient (Wildman–Crippen LogP) is 5.49.